The zero-order chi connectivity index (χ0) is 18.6. The molecule has 2 heterocycles. The topological polar surface area (TPSA) is 46.4 Å². The van der Waals surface area contributed by atoms with Crippen LogP contribution in [0.15, 0.2) is 85.1 Å². The molecule has 0 spiro atoms. The van der Waals surface area contributed by atoms with Gasteiger partial charge in [0.15, 0.2) is 0 Å². The third kappa shape index (κ3) is 3.76. The van der Waals surface area contributed by atoms with Gasteiger partial charge in [0.25, 0.3) is 0 Å². The second-order valence-electron chi connectivity index (χ2n) is 5.98. The first-order valence-electron chi connectivity index (χ1n) is 8.48. The summed E-state index contributed by atoms with van der Waals surface area (Å²) < 4.78 is 1.79. The van der Waals surface area contributed by atoms with Gasteiger partial charge in [-0.15, -0.1) is 0 Å². The Kier molecular flexibility index (Phi) is 4.73. The summed E-state index contributed by atoms with van der Waals surface area (Å²) >= 11 is 6.15. The fourth-order valence-corrected chi connectivity index (χ4v) is 2.99. The molecule has 2 aromatic carbocycles. The molecule has 0 aliphatic rings. The lowest BCUT2D eigenvalue weighted by Gasteiger charge is -2.06. The van der Waals surface area contributed by atoms with Crippen LogP contribution in [0.5, 0.6) is 0 Å². The van der Waals surface area contributed by atoms with E-state index in [-0.39, 0.29) is 5.91 Å². The Bertz CT molecular complexity index is 1120. The minimum Gasteiger partial charge on any atom is -0.306 e. The van der Waals surface area contributed by atoms with Crippen molar-refractivity contribution in [2.75, 3.05) is 5.32 Å². The van der Waals surface area contributed by atoms with Gasteiger partial charge in [-0.25, -0.2) is 4.98 Å². The summed E-state index contributed by atoms with van der Waals surface area (Å²) in [6.45, 7) is 0. The number of aromatic nitrogens is 2. The molecular formula is C22H16ClN3O. The zero-order valence-electron chi connectivity index (χ0n) is 14.3. The Morgan fingerprint density at radius 1 is 0.963 bits per heavy atom. The highest BCUT2D eigenvalue weighted by Crippen LogP contribution is 2.29. The smallest absolute Gasteiger partial charge is 0.249 e. The molecule has 0 bridgehead atoms. The van der Waals surface area contributed by atoms with E-state index >= 15 is 0 Å². The number of benzene rings is 2. The lowest BCUT2D eigenvalue weighted by molar-refractivity contribution is -0.111. The van der Waals surface area contributed by atoms with Gasteiger partial charge in [0.05, 0.1) is 5.02 Å². The molecule has 27 heavy (non-hydrogen) atoms. The second-order valence-corrected chi connectivity index (χ2v) is 6.42. The molecule has 1 N–H and O–H groups in total. The lowest BCUT2D eigenvalue weighted by Crippen LogP contribution is -2.10. The van der Waals surface area contributed by atoms with E-state index in [1.807, 2.05) is 66.7 Å². The van der Waals surface area contributed by atoms with Crippen LogP contribution in [0.3, 0.4) is 0 Å². The number of carbonyl (C=O) groups excluding carboxylic acids is 1. The standard InChI is InChI=1S/C22H16ClN3O/c23-18-12-13-19-24-21(17-9-5-2-6-10-17)22(26(19)15-18)25-20(27)14-11-16-7-3-1-4-8-16/h1-15H,(H,25,27)/b14-11+. The monoisotopic (exact) mass is 373 g/mol. The normalized spacial score (nSPS) is 11.1. The molecule has 5 heteroatoms. The van der Waals surface area contributed by atoms with Crippen LogP contribution >= 0.6 is 11.6 Å². The molecule has 0 atom stereocenters. The number of anilines is 1. The van der Waals surface area contributed by atoms with Crippen molar-refractivity contribution in [2.24, 2.45) is 0 Å². The van der Waals surface area contributed by atoms with Gasteiger partial charge in [-0.2, -0.15) is 0 Å². The molecule has 0 radical (unpaired) electrons. The quantitative estimate of drug-likeness (QED) is 0.493. The lowest BCUT2D eigenvalue weighted by atomic mass is 10.1. The van der Waals surface area contributed by atoms with Gasteiger partial charge >= 0.3 is 0 Å². The number of pyridine rings is 1. The van der Waals surface area contributed by atoms with Crippen LogP contribution in [-0.4, -0.2) is 15.3 Å². The van der Waals surface area contributed by atoms with Crippen LogP contribution < -0.4 is 5.32 Å². The molecule has 0 unspecified atom stereocenters. The van der Waals surface area contributed by atoms with Gasteiger partial charge in [-0.3, -0.25) is 9.20 Å². The van der Waals surface area contributed by atoms with Gasteiger partial charge in [0.1, 0.15) is 17.2 Å². The van der Waals surface area contributed by atoms with Gasteiger partial charge in [0.2, 0.25) is 5.91 Å². The van der Waals surface area contributed by atoms with Gasteiger partial charge in [-0.1, -0.05) is 72.3 Å². The van der Waals surface area contributed by atoms with Crippen molar-refractivity contribution in [1.29, 1.82) is 0 Å². The maximum atomic E-state index is 12.5. The Morgan fingerprint density at radius 2 is 1.67 bits per heavy atom. The molecule has 0 saturated heterocycles. The van der Waals surface area contributed by atoms with Gasteiger partial charge < -0.3 is 5.32 Å². The van der Waals surface area contributed by atoms with Crippen LogP contribution in [0.4, 0.5) is 5.82 Å². The average molecular weight is 374 g/mol. The molecule has 132 valence electrons. The first kappa shape index (κ1) is 17.1. The molecule has 4 nitrogen and oxygen atoms in total. The van der Waals surface area contributed by atoms with Crippen molar-refractivity contribution in [3.63, 3.8) is 0 Å². The number of hydrogen-bond donors (Lipinski definition) is 1. The van der Waals surface area contributed by atoms with Crippen molar-refractivity contribution in [3.8, 4) is 11.3 Å². The van der Waals surface area contributed by atoms with Crippen molar-refractivity contribution in [2.45, 2.75) is 0 Å². The Labute approximate surface area is 161 Å². The van der Waals surface area contributed by atoms with E-state index in [9.17, 15) is 4.79 Å². The molecule has 4 rings (SSSR count). The maximum Gasteiger partial charge on any atom is 0.249 e. The van der Waals surface area contributed by atoms with Crippen LogP contribution in [0.2, 0.25) is 5.02 Å². The first-order valence-corrected chi connectivity index (χ1v) is 8.86. The number of halogens is 1. The van der Waals surface area contributed by atoms with E-state index < -0.39 is 0 Å². The third-order valence-corrected chi connectivity index (χ3v) is 4.32. The number of amides is 1. The number of carbonyl (C=O) groups is 1. The summed E-state index contributed by atoms with van der Waals surface area (Å²) in [4.78, 5) is 17.2. The summed E-state index contributed by atoms with van der Waals surface area (Å²) in [5.41, 5.74) is 3.27. The Hall–Kier alpha value is -3.37. The number of hydrogen-bond acceptors (Lipinski definition) is 2. The van der Waals surface area contributed by atoms with Crippen LogP contribution in [0.1, 0.15) is 5.56 Å². The summed E-state index contributed by atoms with van der Waals surface area (Å²) in [5.74, 6) is 0.347. The molecule has 4 aromatic rings. The van der Waals surface area contributed by atoms with Crippen molar-refractivity contribution >= 4 is 35.0 Å². The molecule has 0 aliphatic heterocycles. The summed E-state index contributed by atoms with van der Waals surface area (Å²) in [7, 11) is 0. The summed E-state index contributed by atoms with van der Waals surface area (Å²) in [5, 5.41) is 3.51. The summed E-state index contributed by atoms with van der Waals surface area (Å²) in [6, 6.07) is 23.0. The van der Waals surface area contributed by atoms with Crippen LogP contribution in [0.25, 0.3) is 23.0 Å². The van der Waals surface area contributed by atoms with E-state index in [0.717, 1.165) is 11.1 Å². The zero-order valence-corrected chi connectivity index (χ0v) is 15.1. The highest BCUT2D eigenvalue weighted by molar-refractivity contribution is 6.30. The average Bonchev–Trinajstić information content (AvgIpc) is 3.05. The Balaban J connectivity index is 1.72. The second kappa shape index (κ2) is 7.48. The van der Waals surface area contributed by atoms with Crippen molar-refractivity contribution < 1.29 is 4.79 Å². The minimum absolute atomic E-state index is 0.238. The molecule has 0 saturated carbocycles. The molecule has 2 aromatic heterocycles. The van der Waals surface area contributed by atoms with Crippen molar-refractivity contribution in [1.82, 2.24) is 9.38 Å². The van der Waals surface area contributed by atoms with E-state index in [1.165, 1.54) is 6.08 Å². The molecule has 1 amide bonds. The summed E-state index contributed by atoms with van der Waals surface area (Å²) in [6.07, 6.45) is 5.02. The van der Waals surface area contributed by atoms with Crippen LogP contribution in [0, 0.1) is 0 Å². The number of nitrogens with one attached hydrogen (secondary N) is 1. The van der Waals surface area contributed by atoms with E-state index in [4.69, 9.17) is 11.6 Å². The Morgan fingerprint density at radius 3 is 2.41 bits per heavy atom. The number of imidazole rings is 1. The third-order valence-electron chi connectivity index (χ3n) is 4.10. The number of nitrogens with zero attached hydrogens (tertiary/aromatic N) is 2. The molecule has 0 aliphatic carbocycles. The number of rotatable bonds is 4. The number of fused-ring (bicyclic) bond motifs is 1. The predicted octanol–water partition coefficient (Wildman–Crippen LogP) is 5.31. The first-order chi connectivity index (χ1) is 13.2. The molecular weight excluding hydrogens is 358 g/mol. The largest absolute Gasteiger partial charge is 0.306 e. The highest BCUT2D eigenvalue weighted by Gasteiger charge is 2.15. The van der Waals surface area contributed by atoms with E-state index in [1.54, 1.807) is 22.7 Å². The van der Waals surface area contributed by atoms with E-state index in [0.29, 0.717) is 22.2 Å². The maximum absolute atomic E-state index is 12.5. The van der Waals surface area contributed by atoms with E-state index in [2.05, 4.69) is 10.3 Å². The van der Waals surface area contributed by atoms with Gasteiger partial charge in [-0.05, 0) is 23.8 Å². The van der Waals surface area contributed by atoms with Gasteiger partial charge in [0, 0.05) is 17.8 Å². The highest BCUT2D eigenvalue weighted by atomic mass is 35.5. The SMILES string of the molecule is O=C(/C=C/c1ccccc1)Nc1c(-c2ccccc2)nc2ccc(Cl)cn12. The minimum atomic E-state index is -0.238. The fourth-order valence-electron chi connectivity index (χ4n) is 2.83. The fraction of sp³-hybridized carbons (Fsp3) is 0. The van der Waals surface area contributed by atoms with Crippen molar-refractivity contribution in [3.05, 3.63) is 95.7 Å². The molecule has 0 fully saturated rings. The van der Waals surface area contributed by atoms with Crippen LogP contribution in [-0.2, 0) is 4.79 Å². The predicted molar refractivity (Wildman–Crippen MR) is 110 cm³/mol.